The number of H-pyrrole nitrogens is 2. The highest BCUT2D eigenvalue weighted by atomic mass is 15.1. The molecule has 1 aliphatic rings. The highest BCUT2D eigenvalue weighted by molar-refractivity contribution is 5.93. The summed E-state index contributed by atoms with van der Waals surface area (Å²) in [4.78, 5) is 7.90. The van der Waals surface area contributed by atoms with Crippen LogP contribution in [0.15, 0.2) is 30.9 Å². The van der Waals surface area contributed by atoms with E-state index in [2.05, 4.69) is 39.4 Å². The van der Waals surface area contributed by atoms with E-state index in [1.54, 1.807) is 0 Å². The Bertz CT molecular complexity index is 741. The third-order valence-corrected chi connectivity index (χ3v) is 4.90. The molecule has 1 aliphatic carbocycles. The Kier molecular flexibility index (Phi) is 3.02. The van der Waals surface area contributed by atoms with Crippen LogP contribution in [0.4, 0.5) is 0 Å². The zero-order valence-corrected chi connectivity index (χ0v) is 12.3. The minimum atomic E-state index is 0.655. The summed E-state index contributed by atoms with van der Waals surface area (Å²) in [7, 11) is 0. The van der Waals surface area contributed by atoms with Crippen molar-refractivity contribution in [1.82, 2.24) is 20.2 Å². The summed E-state index contributed by atoms with van der Waals surface area (Å²) in [6.07, 6.45) is 13.2. The summed E-state index contributed by atoms with van der Waals surface area (Å²) in [5.74, 6) is 1.41. The van der Waals surface area contributed by atoms with Gasteiger partial charge in [-0.3, -0.25) is 5.10 Å². The highest BCUT2D eigenvalue weighted by Gasteiger charge is 2.23. The maximum absolute atomic E-state index is 4.64. The smallest absolute Gasteiger partial charge is 0.137 e. The van der Waals surface area contributed by atoms with Gasteiger partial charge in [0.1, 0.15) is 5.65 Å². The van der Waals surface area contributed by atoms with Crippen LogP contribution >= 0.6 is 0 Å². The van der Waals surface area contributed by atoms with Crippen LogP contribution in [0, 0.1) is 5.92 Å². The lowest BCUT2D eigenvalue weighted by molar-refractivity contribution is 0.330. The maximum atomic E-state index is 4.64. The Morgan fingerprint density at radius 3 is 2.86 bits per heavy atom. The number of pyridine rings is 1. The van der Waals surface area contributed by atoms with E-state index >= 15 is 0 Å². The van der Waals surface area contributed by atoms with Crippen LogP contribution in [-0.2, 0) is 0 Å². The first-order valence-corrected chi connectivity index (χ1v) is 7.79. The molecule has 2 atom stereocenters. The van der Waals surface area contributed by atoms with Gasteiger partial charge < -0.3 is 4.98 Å². The Hall–Kier alpha value is -2.10. The van der Waals surface area contributed by atoms with Crippen LogP contribution in [0.5, 0.6) is 0 Å². The van der Waals surface area contributed by atoms with Gasteiger partial charge in [-0.1, -0.05) is 26.2 Å². The molecule has 21 heavy (non-hydrogen) atoms. The van der Waals surface area contributed by atoms with Gasteiger partial charge in [0.15, 0.2) is 0 Å². The second-order valence-corrected chi connectivity index (χ2v) is 6.22. The zero-order valence-electron chi connectivity index (χ0n) is 12.3. The van der Waals surface area contributed by atoms with E-state index in [-0.39, 0.29) is 0 Å². The quantitative estimate of drug-likeness (QED) is 0.737. The van der Waals surface area contributed by atoms with Gasteiger partial charge in [-0.25, -0.2) is 4.98 Å². The molecular formula is C17H20N4. The van der Waals surface area contributed by atoms with Gasteiger partial charge in [-0.15, -0.1) is 0 Å². The number of hydrogen-bond donors (Lipinski definition) is 2. The monoisotopic (exact) mass is 280 g/mol. The van der Waals surface area contributed by atoms with Crippen LogP contribution in [0.25, 0.3) is 22.2 Å². The van der Waals surface area contributed by atoms with Crippen molar-refractivity contribution in [2.75, 3.05) is 0 Å². The van der Waals surface area contributed by atoms with Crippen molar-refractivity contribution in [3.05, 3.63) is 36.4 Å². The Labute approximate surface area is 124 Å². The Morgan fingerprint density at radius 2 is 2.05 bits per heavy atom. The molecule has 3 aromatic heterocycles. The average molecular weight is 280 g/mol. The predicted octanol–water partition coefficient (Wildman–Crippen LogP) is 4.25. The molecule has 2 unspecified atom stereocenters. The summed E-state index contributed by atoms with van der Waals surface area (Å²) in [6, 6.07) is 2.33. The summed E-state index contributed by atoms with van der Waals surface area (Å²) >= 11 is 0. The zero-order chi connectivity index (χ0) is 14.2. The number of hydrogen-bond acceptors (Lipinski definition) is 2. The molecule has 1 fully saturated rings. The molecule has 0 aromatic carbocycles. The fraction of sp³-hybridized carbons (Fsp3) is 0.412. The lowest BCUT2D eigenvalue weighted by Gasteiger charge is -2.28. The third kappa shape index (κ3) is 2.15. The first kappa shape index (κ1) is 12.6. The van der Waals surface area contributed by atoms with Gasteiger partial charge >= 0.3 is 0 Å². The summed E-state index contributed by atoms with van der Waals surface area (Å²) < 4.78 is 0. The minimum Gasteiger partial charge on any atom is -0.346 e. The lowest BCUT2D eigenvalue weighted by atomic mass is 9.77. The molecule has 2 N–H and O–H groups in total. The van der Waals surface area contributed by atoms with Crippen molar-refractivity contribution in [1.29, 1.82) is 0 Å². The van der Waals surface area contributed by atoms with E-state index in [9.17, 15) is 0 Å². The topological polar surface area (TPSA) is 57.4 Å². The maximum Gasteiger partial charge on any atom is 0.137 e. The standard InChI is InChI=1S/C17H20N4/c1-11-4-2-3-5-14(11)12-6-15-16(13-8-20-21-9-13)10-19-17(15)18-7-12/h6-11,14H,2-5H2,1H3,(H,18,19)(H,20,21). The van der Waals surface area contributed by atoms with Gasteiger partial charge in [0.25, 0.3) is 0 Å². The van der Waals surface area contributed by atoms with E-state index in [4.69, 9.17) is 0 Å². The van der Waals surface area contributed by atoms with Gasteiger partial charge in [-0.05, 0) is 29.9 Å². The largest absolute Gasteiger partial charge is 0.346 e. The number of nitrogens with zero attached hydrogens (tertiary/aromatic N) is 2. The van der Waals surface area contributed by atoms with Crippen LogP contribution in [-0.4, -0.2) is 20.2 Å². The first-order chi connectivity index (χ1) is 10.3. The molecule has 0 radical (unpaired) electrons. The summed E-state index contributed by atoms with van der Waals surface area (Å²) in [5, 5.41) is 8.13. The molecule has 4 heteroatoms. The molecule has 0 spiro atoms. The second kappa shape index (κ2) is 5.02. The predicted molar refractivity (Wildman–Crippen MR) is 84.0 cm³/mol. The van der Waals surface area contributed by atoms with Crippen molar-refractivity contribution in [2.24, 2.45) is 5.92 Å². The Morgan fingerprint density at radius 1 is 1.14 bits per heavy atom. The molecule has 3 heterocycles. The van der Waals surface area contributed by atoms with Crippen molar-refractivity contribution in [3.63, 3.8) is 0 Å². The molecule has 3 aromatic rings. The molecule has 4 rings (SSSR count). The number of fused-ring (bicyclic) bond motifs is 1. The van der Waals surface area contributed by atoms with Gasteiger partial charge in [-0.2, -0.15) is 5.10 Å². The normalized spacial score (nSPS) is 22.7. The minimum absolute atomic E-state index is 0.655. The lowest BCUT2D eigenvalue weighted by Crippen LogP contribution is -2.14. The van der Waals surface area contributed by atoms with Gasteiger partial charge in [0, 0.05) is 35.1 Å². The van der Waals surface area contributed by atoms with E-state index in [1.807, 2.05) is 18.6 Å². The van der Waals surface area contributed by atoms with E-state index < -0.39 is 0 Å². The number of aromatic amines is 2. The molecular weight excluding hydrogens is 260 g/mol. The second-order valence-electron chi connectivity index (χ2n) is 6.22. The van der Waals surface area contributed by atoms with Crippen molar-refractivity contribution in [3.8, 4) is 11.1 Å². The highest BCUT2D eigenvalue weighted by Crippen LogP contribution is 2.38. The first-order valence-electron chi connectivity index (χ1n) is 7.79. The van der Waals surface area contributed by atoms with Crippen molar-refractivity contribution in [2.45, 2.75) is 38.5 Å². The van der Waals surface area contributed by atoms with Crippen LogP contribution in [0.3, 0.4) is 0 Å². The number of rotatable bonds is 2. The molecule has 0 amide bonds. The third-order valence-electron chi connectivity index (χ3n) is 4.90. The number of aromatic nitrogens is 4. The summed E-state index contributed by atoms with van der Waals surface area (Å²) in [6.45, 7) is 2.38. The fourth-order valence-electron chi connectivity index (χ4n) is 3.67. The van der Waals surface area contributed by atoms with Crippen LogP contribution in [0.2, 0.25) is 0 Å². The van der Waals surface area contributed by atoms with Gasteiger partial charge in [0.2, 0.25) is 0 Å². The molecule has 0 bridgehead atoms. The Balaban J connectivity index is 1.80. The number of nitrogens with one attached hydrogen (secondary N) is 2. The average Bonchev–Trinajstić information content (AvgIpc) is 3.16. The molecule has 0 aliphatic heterocycles. The molecule has 0 saturated heterocycles. The van der Waals surface area contributed by atoms with Crippen molar-refractivity contribution < 1.29 is 0 Å². The molecule has 1 saturated carbocycles. The molecule has 4 nitrogen and oxygen atoms in total. The van der Waals surface area contributed by atoms with E-state index in [0.29, 0.717) is 5.92 Å². The SMILES string of the molecule is CC1CCCCC1c1cnc2[nH]cc(-c3cn[nH]c3)c2c1. The van der Waals surface area contributed by atoms with Gasteiger partial charge in [0.05, 0.1) is 6.20 Å². The van der Waals surface area contributed by atoms with E-state index in [0.717, 1.165) is 17.1 Å². The van der Waals surface area contributed by atoms with Crippen LogP contribution in [0.1, 0.15) is 44.1 Å². The van der Waals surface area contributed by atoms with Crippen molar-refractivity contribution >= 4 is 11.0 Å². The fourth-order valence-corrected chi connectivity index (χ4v) is 3.67. The summed E-state index contributed by atoms with van der Waals surface area (Å²) in [5.41, 5.74) is 4.63. The van der Waals surface area contributed by atoms with Crippen LogP contribution < -0.4 is 0 Å². The van der Waals surface area contributed by atoms with E-state index in [1.165, 1.54) is 42.2 Å². The molecule has 108 valence electrons.